The molecular weight excluding hydrogens is 451 g/mol. The minimum absolute atomic E-state index is 0.0166. The number of likely N-dealkylation sites (tertiary alicyclic amines) is 1. The number of aliphatic hydroxyl groups excluding tert-OH is 1. The number of Topliss-reactive ketones (excluding diaryl/α,β-unsaturated/α-hetero) is 1. The van der Waals surface area contributed by atoms with Gasteiger partial charge in [0.05, 0.1) is 23.8 Å². The Hall–Kier alpha value is -4.33. The van der Waals surface area contributed by atoms with Crippen LogP contribution in [-0.4, -0.2) is 47.0 Å². The van der Waals surface area contributed by atoms with Crippen LogP contribution in [0.5, 0.6) is 11.5 Å². The normalized spacial score (nSPS) is 19.0. The monoisotopic (exact) mass is 474 g/mol. The van der Waals surface area contributed by atoms with Gasteiger partial charge in [0, 0.05) is 19.2 Å². The van der Waals surface area contributed by atoms with Crippen LogP contribution in [0, 0.1) is 5.82 Å². The second kappa shape index (κ2) is 8.79. The zero-order valence-electron chi connectivity index (χ0n) is 18.9. The van der Waals surface area contributed by atoms with Crippen LogP contribution >= 0.6 is 0 Å². The maximum absolute atomic E-state index is 13.4. The minimum Gasteiger partial charge on any atom is -0.508 e. The van der Waals surface area contributed by atoms with Crippen molar-refractivity contribution >= 4 is 23.1 Å². The van der Waals surface area contributed by atoms with Gasteiger partial charge in [0.1, 0.15) is 29.7 Å². The lowest BCUT2D eigenvalue weighted by molar-refractivity contribution is -0.140. The summed E-state index contributed by atoms with van der Waals surface area (Å²) in [5.74, 6) is -1.73. The van der Waals surface area contributed by atoms with Crippen molar-refractivity contribution < 1.29 is 28.9 Å². The van der Waals surface area contributed by atoms with Crippen molar-refractivity contribution in [2.45, 2.75) is 12.6 Å². The molecule has 1 fully saturated rings. The van der Waals surface area contributed by atoms with Gasteiger partial charge >= 0.3 is 0 Å². The number of fused-ring (bicyclic) bond motifs is 1. The molecule has 8 heteroatoms. The van der Waals surface area contributed by atoms with Gasteiger partial charge in [-0.05, 0) is 53.6 Å². The number of halogens is 1. The molecule has 1 unspecified atom stereocenters. The highest BCUT2D eigenvalue weighted by Gasteiger charge is 2.46. The lowest BCUT2D eigenvalue weighted by Gasteiger charge is -2.28. The van der Waals surface area contributed by atoms with Crippen molar-refractivity contribution in [2.75, 3.05) is 25.1 Å². The van der Waals surface area contributed by atoms with Gasteiger partial charge in [-0.2, -0.15) is 0 Å². The highest BCUT2D eigenvalue weighted by atomic mass is 19.1. The summed E-state index contributed by atoms with van der Waals surface area (Å²) in [5, 5.41) is 21.4. The molecule has 7 nitrogen and oxygen atoms in total. The number of ether oxygens (including phenoxy) is 1. The first-order chi connectivity index (χ1) is 16.8. The van der Waals surface area contributed by atoms with E-state index < -0.39 is 23.5 Å². The van der Waals surface area contributed by atoms with Gasteiger partial charge in [0.2, 0.25) is 0 Å². The van der Waals surface area contributed by atoms with E-state index in [0.717, 1.165) is 5.69 Å². The fourth-order valence-electron chi connectivity index (χ4n) is 4.52. The number of anilines is 1. The summed E-state index contributed by atoms with van der Waals surface area (Å²) >= 11 is 0. The third-order valence-electron chi connectivity index (χ3n) is 6.32. The summed E-state index contributed by atoms with van der Waals surface area (Å²) in [6.07, 6.45) is 0. The molecule has 0 aliphatic carbocycles. The summed E-state index contributed by atoms with van der Waals surface area (Å²) in [6.45, 7) is 1.23. The molecular formula is C27H23FN2O5. The molecule has 1 atom stereocenters. The Morgan fingerprint density at radius 3 is 2.60 bits per heavy atom. The van der Waals surface area contributed by atoms with Crippen molar-refractivity contribution in [3.8, 4) is 11.5 Å². The fraction of sp³-hybridized carbons (Fsp3) is 0.185. The maximum atomic E-state index is 13.4. The largest absolute Gasteiger partial charge is 0.508 e. The van der Waals surface area contributed by atoms with E-state index in [9.17, 15) is 24.2 Å². The average Bonchev–Trinajstić information content (AvgIpc) is 3.10. The zero-order valence-corrected chi connectivity index (χ0v) is 18.9. The molecule has 5 rings (SSSR count). The first-order valence-corrected chi connectivity index (χ1v) is 11.1. The van der Waals surface area contributed by atoms with Crippen molar-refractivity contribution in [3.05, 3.63) is 94.8 Å². The number of phenols is 1. The van der Waals surface area contributed by atoms with E-state index in [0.29, 0.717) is 35.6 Å². The van der Waals surface area contributed by atoms with Gasteiger partial charge in [0.15, 0.2) is 0 Å². The molecule has 178 valence electrons. The quantitative estimate of drug-likeness (QED) is 0.338. The molecule has 1 saturated heterocycles. The average molecular weight is 474 g/mol. The summed E-state index contributed by atoms with van der Waals surface area (Å²) in [6, 6.07) is 16.0. The number of aliphatic hydroxyl groups is 1. The number of hydrogen-bond donors (Lipinski definition) is 2. The van der Waals surface area contributed by atoms with Crippen LogP contribution in [0.2, 0.25) is 0 Å². The number of rotatable bonds is 4. The van der Waals surface area contributed by atoms with Gasteiger partial charge in [-0.1, -0.05) is 24.3 Å². The second-order valence-electron chi connectivity index (χ2n) is 8.60. The number of benzene rings is 3. The zero-order chi connectivity index (χ0) is 24.7. The van der Waals surface area contributed by atoms with E-state index in [1.165, 1.54) is 41.3 Å². The van der Waals surface area contributed by atoms with E-state index in [2.05, 4.69) is 0 Å². The highest BCUT2D eigenvalue weighted by Crippen LogP contribution is 2.42. The fourth-order valence-corrected chi connectivity index (χ4v) is 4.52. The molecule has 0 bridgehead atoms. The Labute approximate surface area is 201 Å². The van der Waals surface area contributed by atoms with E-state index >= 15 is 0 Å². The summed E-state index contributed by atoms with van der Waals surface area (Å²) in [7, 11) is 1.90. The molecule has 2 N–H and O–H groups in total. The van der Waals surface area contributed by atoms with E-state index in [-0.39, 0.29) is 23.6 Å². The number of nitrogens with zero attached hydrogens (tertiary/aromatic N) is 2. The number of amides is 1. The molecule has 0 radical (unpaired) electrons. The molecule has 0 aromatic heterocycles. The summed E-state index contributed by atoms with van der Waals surface area (Å²) < 4.78 is 19.1. The number of hydrogen-bond acceptors (Lipinski definition) is 6. The van der Waals surface area contributed by atoms with E-state index in [1.807, 2.05) is 11.9 Å². The molecule has 0 spiro atoms. The van der Waals surface area contributed by atoms with Gasteiger partial charge in [-0.25, -0.2) is 4.39 Å². The molecule has 3 aromatic carbocycles. The summed E-state index contributed by atoms with van der Waals surface area (Å²) in [4.78, 5) is 29.7. The number of aromatic hydroxyl groups is 1. The first kappa shape index (κ1) is 22.5. The van der Waals surface area contributed by atoms with Crippen LogP contribution in [0.25, 0.3) is 5.76 Å². The Morgan fingerprint density at radius 2 is 1.86 bits per heavy atom. The van der Waals surface area contributed by atoms with E-state index in [1.54, 1.807) is 30.3 Å². The van der Waals surface area contributed by atoms with Crippen LogP contribution in [0.15, 0.2) is 72.3 Å². The predicted molar refractivity (Wildman–Crippen MR) is 128 cm³/mol. The Balaban J connectivity index is 1.64. The van der Waals surface area contributed by atoms with Gasteiger partial charge < -0.3 is 24.7 Å². The first-order valence-electron chi connectivity index (χ1n) is 11.1. The van der Waals surface area contributed by atoms with Crippen molar-refractivity contribution in [3.63, 3.8) is 0 Å². The number of ketones is 1. The molecule has 3 aromatic rings. The number of likely N-dealkylation sites (N-methyl/N-ethyl adjacent to an activating group) is 1. The molecule has 35 heavy (non-hydrogen) atoms. The van der Waals surface area contributed by atoms with Crippen LogP contribution < -0.4 is 9.64 Å². The van der Waals surface area contributed by atoms with Crippen molar-refractivity contribution in [1.29, 1.82) is 0 Å². The topological polar surface area (TPSA) is 90.3 Å². The van der Waals surface area contributed by atoms with Crippen LogP contribution in [0.4, 0.5) is 10.1 Å². The molecule has 2 aliphatic rings. The van der Waals surface area contributed by atoms with Gasteiger partial charge in [-0.3, -0.25) is 9.59 Å². The van der Waals surface area contributed by atoms with Gasteiger partial charge in [0.25, 0.3) is 11.7 Å². The predicted octanol–water partition coefficient (Wildman–Crippen LogP) is 3.98. The standard InChI is InChI=1S/C27H23FN2O5/c1-29-11-12-35-22-10-7-18(14-21(22)29)25(32)23-24(17-3-2-4-20(31)13-17)30(27(34)26(23)33)15-16-5-8-19(28)9-6-16/h2-10,13-14,24,31-32H,11-12,15H2,1H3/b25-23-. The molecule has 2 aliphatic heterocycles. The highest BCUT2D eigenvalue weighted by molar-refractivity contribution is 6.46. The Morgan fingerprint density at radius 1 is 1.09 bits per heavy atom. The van der Waals surface area contributed by atoms with E-state index in [4.69, 9.17) is 4.74 Å². The van der Waals surface area contributed by atoms with Crippen LogP contribution in [-0.2, 0) is 16.1 Å². The lowest BCUT2D eigenvalue weighted by Crippen LogP contribution is -2.29. The number of phenolic OH excluding ortho intramolecular Hbond substituents is 1. The SMILES string of the molecule is CN1CCOc2ccc(/C(O)=C3/C(=O)C(=O)N(Cc4ccc(F)cc4)C3c3cccc(O)c3)cc21. The van der Waals surface area contributed by atoms with Crippen LogP contribution in [0.3, 0.4) is 0 Å². The molecule has 1 amide bonds. The Bertz CT molecular complexity index is 1350. The number of carbonyl (C=O) groups excluding carboxylic acids is 2. The third-order valence-corrected chi connectivity index (χ3v) is 6.32. The number of carbonyl (C=O) groups is 2. The van der Waals surface area contributed by atoms with Crippen LogP contribution in [0.1, 0.15) is 22.7 Å². The molecule has 2 heterocycles. The third kappa shape index (κ3) is 4.07. The minimum atomic E-state index is -0.947. The van der Waals surface area contributed by atoms with Gasteiger partial charge in [-0.15, -0.1) is 0 Å². The maximum Gasteiger partial charge on any atom is 0.295 e. The summed E-state index contributed by atoms with van der Waals surface area (Å²) in [5.41, 5.74) is 2.13. The van der Waals surface area contributed by atoms with Crippen molar-refractivity contribution in [1.82, 2.24) is 4.90 Å². The lowest BCUT2D eigenvalue weighted by atomic mass is 9.94. The molecule has 0 saturated carbocycles. The van der Waals surface area contributed by atoms with Crippen molar-refractivity contribution in [2.24, 2.45) is 0 Å². The smallest absolute Gasteiger partial charge is 0.295 e. The second-order valence-corrected chi connectivity index (χ2v) is 8.60. The Kier molecular flexibility index (Phi) is 5.64.